The Labute approximate surface area is 122 Å². The number of hydrogen-bond donors (Lipinski definition) is 2. The van der Waals surface area contributed by atoms with Crippen LogP contribution >= 0.6 is 0 Å². The van der Waals surface area contributed by atoms with E-state index in [1.165, 1.54) is 19.2 Å². The van der Waals surface area contributed by atoms with Crippen LogP contribution in [0.1, 0.15) is 22.0 Å². The summed E-state index contributed by atoms with van der Waals surface area (Å²) in [5.74, 6) is -1.40. The Balaban J connectivity index is 2.16. The number of benzene rings is 2. The highest BCUT2D eigenvalue weighted by atomic mass is 16.5. The third kappa shape index (κ3) is 3.67. The molecule has 2 rings (SSSR count). The van der Waals surface area contributed by atoms with Gasteiger partial charge in [0.2, 0.25) is 0 Å². The number of anilines is 1. The number of carbonyl (C=O) groups excluding carboxylic acids is 1. The maximum Gasteiger partial charge on any atom is 0.335 e. The normalized spacial score (nSPS) is 11.7. The Hall–Kier alpha value is -2.66. The fraction of sp³-hybridized carbons (Fsp3) is 0.125. The molecule has 2 aromatic carbocycles. The molecule has 5 nitrogen and oxygen atoms in total. The zero-order chi connectivity index (χ0) is 15.2. The van der Waals surface area contributed by atoms with E-state index in [-0.39, 0.29) is 11.5 Å². The Bertz CT molecular complexity index is 640. The molecule has 5 heteroatoms. The van der Waals surface area contributed by atoms with Crippen molar-refractivity contribution in [2.75, 3.05) is 12.4 Å². The van der Waals surface area contributed by atoms with Crippen LogP contribution in [0.4, 0.5) is 5.69 Å². The molecule has 0 heterocycles. The number of nitrogens with one attached hydrogen (secondary N) is 1. The summed E-state index contributed by atoms with van der Waals surface area (Å²) in [5.41, 5.74) is 1.26. The second-order valence-electron chi connectivity index (χ2n) is 4.40. The molecule has 0 fully saturated rings. The summed E-state index contributed by atoms with van der Waals surface area (Å²) in [6, 6.07) is 15.1. The van der Waals surface area contributed by atoms with Gasteiger partial charge in [-0.3, -0.25) is 4.79 Å². The van der Waals surface area contributed by atoms with Crippen LogP contribution in [0, 0.1) is 0 Å². The van der Waals surface area contributed by atoms with Crippen LogP contribution in [0.5, 0.6) is 0 Å². The van der Waals surface area contributed by atoms with Crippen LogP contribution in [-0.2, 0) is 9.53 Å². The van der Waals surface area contributed by atoms with Gasteiger partial charge in [0.15, 0.2) is 6.10 Å². The molecule has 108 valence electrons. The van der Waals surface area contributed by atoms with E-state index < -0.39 is 12.1 Å². The van der Waals surface area contributed by atoms with E-state index >= 15 is 0 Å². The highest BCUT2D eigenvalue weighted by molar-refractivity contribution is 5.96. The number of aromatic carboxylic acids is 1. The number of ether oxygens (including phenoxy) is 1. The Morgan fingerprint density at radius 1 is 1.10 bits per heavy atom. The molecule has 0 aliphatic heterocycles. The molecule has 2 aromatic rings. The average molecular weight is 285 g/mol. The van der Waals surface area contributed by atoms with Gasteiger partial charge in [-0.15, -0.1) is 0 Å². The molecule has 1 amide bonds. The lowest BCUT2D eigenvalue weighted by Gasteiger charge is -2.15. The first kappa shape index (κ1) is 14.7. The first-order valence-electron chi connectivity index (χ1n) is 6.34. The number of hydrogen-bond acceptors (Lipinski definition) is 3. The first-order valence-corrected chi connectivity index (χ1v) is 6.34. The number of rotatable bonds is 5. The maximum absolute atomic E-state index is 12.2. The quantitative estimate of drug-likeness (QED) is 0.885. The van der Waals surface area contributed by atoms with Crippen molar-refractivity contribution >= 4 is 17.6 Å². The highest BCUT2D eigenvalue weighted by Gasteiger charge is 2.20. The van der Waals surface area contributed by atoms with E-state index in [4.69, 9.17) is 9.84 Å². The van der Waals surface area contributed by atoms with E-state index in [2.05, 4.69) is 5.32 Å². The molecule has 0 bridgehead atoms. The van der Waals surface area contributed by atoms with Crippen molar-refractivity contribution in [3.05, 3.63) is 65.7 Å². The summed E-state index contributed by atoms with van der Waals surface area (Å²) in [5, 5.41) is 11.6. The van der Waals surface area contributed by atoms with Crippen LogP contribution in [0.25, 0.3) is 0 Å². The van der Waals surface area contributed by atoms with Gasteiger partial charge >= 0.3 is 5.97 Å². The maximum atomic E-state index is 12.2. The lowest BCUT2D eigenvalue weighted by atomic mass is 10.1. The fourth-order valence-electron chi connectivity index (χ4n) is 1.96. The summed E-state index contributed by atoms with van der Waals surface area (Å²) >= 11 is 0. The molecule has 0 aliphatic rings. The third-order valence-corrected chi connectivity index (χ3v) is 2.95. The largest absolute Gasteiger partial charge is 0.478 e. The van der Waals surface area contributed by atoms with Crippen molar-refractivity contribution in [1.82, 2.24) is 0 Å². The lowest BCUT2D eigenvalue weighted by Crippen LogP contribution is -2.22. The standard InChI is InChI=1S/C16H15NO4/c1-21-14(11-6-3-2-4-7-11)15(18)17-13-9-5-8-12(10-13)16(19)20/h2-10,14H,1H3,(H,17,18)(H,19,20). The topological polar surface area (TPSA) is 75.6 Å². The summed E-state index contributed by atoms with van der Waals surface area (Å²) in [6.07, 6.45) is -0.750. The summed E-state index contributed by atoms with van der Waals surface area (Å²) in [6.45, 7) is 0. The van der Waals surface area contributed by atoms with Crippen LogP contribution in [-0.4, -0.2) is 24.1 Å². The van der Waals surface area contributed by atoms with Gasteiger partial charge in [-0.2, -0.15) is 0 Å². The molecule has 0 saturated carbocycles. The van der Waals surface area contributed by atoms with E-state index in [1.807, 2.05) is 18.2 Å². The van der Waals surface area contributed by atoms with E-state index in [9.17, 15) is 9.59 Å². The van der Waals surface area contributed by atoms with Crippen molar-refractivity contribution < 1.29 is 19.4 Å². The number of carboxylic acid groups (broad SMARTS) is 1. The van der Waals surface area contributed by atoms with Gasteiger partial charge in [0.25, 0.3) is 5.91 Å². The molecule has 21 heavy (non-hydrogen) atoms. The van der Waals surface area contributed by atoms with E-state index in [1.54, 1.807) is 24.3 Å². The van der Waals surface area contributed by atoms with Crippen LogP contribution in [0.3, 0.4) is 0 Å². The zero-order valence-electron chi connectivity index (χ0n) is 11.4. The molecule has 2 N–H and O–H groups in total. The van der Waals surface area contributed by atoms with Crippen molar-refractivity contribution in [2.24, 2.45) is 0 Å². The van der Waals surface area contributed by atoms with Crippen molar-refractivity contribution in [1.29, 1.82) is 0 Å². The molecule has 0 aromatic heterocycles. The Morgan fingerprint density at radius 3 is 2.43 bits per heavy atom. The second kappa shape index (κ2) is 6.67. The Morgan fingerprint density at radius 2 is 1.81 bits per heavy atom. The SMILES string of the molecule is COC(C(=O)Nc1cccc(C(=O)O)c1)c1ccccc1. The first-order chi connectivity index (χ1) is 10.1. The number of carbonyl (C=O) groups is 2. The van der Waals surface area contributed by atoms with Crippen LogP contribution in [0.15, 0.2) is 54.6 Å². The zero-order valence-corrected chi connectivity index (χ0v) is 11.4. The summed E-state index contributed by atoms with van der Waals surface area (Å²) in [4.78, 5) is 23.2. The van der Waals surface area contributed by atoms with Crippen molar-refractivity contribution in [3.63, 3.8) is 0 Å². The molecule has 1 atom stereocenters. The van der Waals surface area contributed by atoms with E-state index in [0.29, 0.717) is 5.69 Å². The summed E-state index contributed by atoms with van der Waals surface area (Å²) in [7, 11) is 1.45. The summed E-state index contributed by atoms with van der Waals surface area (Å²) < 4.78 is 5.22. The highest BCUT2D eigenvalue weighted by Crippen LogP contribution is 2.19. The average Bonchev–Trinajstić information content (AvgIpc) is 2.49. The predicted molar refractivity (Wildman–Crippen MR) is 78.2 cm³/mol. The number of carboxylic acids is 1. The van der Waals surface area contributed by atoms with Crippen molar-refractivity contribution in [2.45, 2.75) is 6.10 Å². The predicted octanol–water partition coefficient (Wildman–Crippen LogP) is 2.71. The molecule has 0 spiro atoms. The molecular formula is C16H15NO4. The number of methoxy groups -OCH3 is 1. The van der Waals surface area contributed by atoms with Gasteiger partial charge in [-0.05, 0) is 23.8 Å². The van der Waals surface area contributed by atoms with Gasteiger partial charge in [-0.1, -0.05) is 36.4 Å². The van der Waals surface area contributed by atoms with Gasteiger partial charge in [-0.25, -0.2) is 4.79 Å². The molecule has 0 radical (unpaired) electrons. The minimum Gasteiger partial charge on any atom is -0.478 e. The minimum absolute atomic E-state index is 0.112. The van der Waals surface area contributed by atoms with Crippen molar-refractivity contribution in [3.8, 4) is 0 Å². The molecular weight excluding hydrogens is 270 g/mol. The molecule has 1 unspecified atom stereocenters. The Kier molecular flexibility index (Phi) is 4.68. The van der Waals surface area contributed by atoms with Crippen LogP contribution in [0.2, 0.25) is 0 Å². The van der Waals surface area contributed by atoms with Gasteiger partial charge in [0.05, 0.1) is 5.56 Å². The smallest absolute Gasteiger partial charge is 0.335 e. The minimum atomic E-state index is -1.04. The van der Waals surface area contributed by atoms with Gasteiger partial charge in [0.1, 0.15) is 0 Å². The second-order valence-corrected chi connectivity index (χ2v) is 4.40. The third-order valence-electron chi connectivity index (χ3n) is 2.95. The van der Waals surface area contributed by atoms with E-state index in [0.717, 1.165) is 5.56 Å². The lowest BCUT2D eigenvalue weighted by molar-refractivity contribution is -0.126. The van der Waals surface area contributed by atoms with Crippen LogP contribution < -0.4 is 5.32 Å². The molecule has 0 aliphatic carbocycles. The fourth-order valence-corrected chi connectivity index (χ4v) is 1.96. The number of amides is 1. The van der Waals surface area contributed by atoms with Gasteiger partial charge in [0, 0.05) is 12.8 Å². The molecule has 0 saturated heterocycles. The monoisotopic (exact) mass is 285 g/mol. The van der Waals surface area contributed by atoms with Gasteiger partial charge < -0.3 is 15.2 Å².